The van der Waals surface area contributed by atoms with Crippen LogP contribution in [-0.4, -0.2) is 54.2 Å². The Bertz CT molecular complexity index is 421. The molecule has 0 unspecified atom stereocenters. The van der Waals surface area contributed by atoms with Crippen LogP contribution in [0.15, 0.2) is 0 Å². The summed E-state index contributed by atoms with van der Waals surface area (Å²) < 4.78 is 10.3. The number of hydrogen-bond acceptors (Lipinski definition) is 5. The summed E-state index contributed by atoms with van der Waals surface area (Å²) in [5.74, 6) is -0.660. The minimum absolute atomic E-state index is 0.0327. The third-order valence-corrected chi connectivity index (χ3v) is 2.45. The molecule has 0 aliphatic carbocycles. The first-order valence-electron chi connectivity index (χ1n) is 7.73. The van der Waals surface area contributed by atoms with E-state index >= 15 is 0 Å². The summed E-state index contributed by atoms with van der Waals surface area (Å²) in [6, 6.07) is 0. The number of ether oxygens (including phenoxy) is 2. The van der Waals surface area contributed by atoms with Crippen molar-refractivity contribution in [2.45, 2.75) is 65.6 Å². The molecule has 0 heterocycles. The highest BCUT2D eigenvalue weighted by molar-refractivity contribution is 5.81. The van der Waals surface area contributed by atoms with Gasteiger partial charge in [-0.2, -0.15) is 0 Å². The normalized spacial score (nSPS) is 11.6. The Labute approximate surface area is 138 Å². The number of amides is 2. The Morgan fingerprint density at radius 2 is 1.43 bits per heavy atom. The molecule has 0 radical (unpaired) electrons. The molecule has 2 amide bonds. The number of nitrogens with zero attached hydrogens (tertiary/aromatic N) is 1. The summed E-state index contributed by atoms with van der Waals surface area (Å²) in [5.41, 5.74) is -1.11. The highest BCUT2D eigenvalue weighted by atomic mass is 16.6. The van der Waals surface area contributed by atoms with Gasteiger partial charge in [-0.3, -0.25) is 9.59 Å². The van der Waals surface area contributed by atoms with E-state index < -0.39 is 23.3 Å². The predicted octanol–water partition coefficient (Wildman–Crippen LogP) is 2.09. The van der Waals surface area contributed by atoms with Crippen LogP contribution in [0, 0.1) is 0 Å². The van der Waals surface area contributed by atoms with E-state index in [4.69, 9.17) is 9.47 Å². The molecule has 23 heavy (non-hydrogen) atoms. The number of esters is 1. The average Bonchev–Trinajstić information content (AvgIpc) is 2.32. The fourth-order valence-electron chi connectivity index (χ4n) is 1.49. The van der Waals surface area contributed by atoms with Crippen LogP contribution < -0.4 is 5.32 Å². The zero-order valence-corrected chi connectivity index (χ0v) is 15.3. The number of hydrogen-bond donors (Lipinski definition) is 1. The van der Waals surface area contributed by atoms with Gasteiger partial charge >= 0.3 is 12.1 Å². The minimum atomic E-state index is -0.554. The van der Waals surface area contributed by atoms with E-state index in [1.165, 1.54) is 4.90 Å². The second-order valence-corrected chi connectivity index (χ2v) is 7.34. The molecule has 0 aromatic rings. The summed E-state index contributed by atoms with van der Waals surface area (Å²) in [5, 5.41) is 2.65. The topological polar surface area (TPSA) is 84.9 Å². The molecule has 0 atom stereocenters. The molecule has 0 fully saturated rings. The maximum atomic E-state index is 11.7. The van der Waals surface area contributed by atoms with Crippen LogP contribution in [0.3, 0.4) is 0 Å². The van der Waals surface area contributed by atoms with Gasteiger partial charge in [0.1, 0.15) is 11.2 Å². The molecule has 0 aromatic heterocycles. The zero-order valence-electron chi connectivity index (χ0n) is 15.3. The van der Waals surface area contributed by atoms with Gasteiger partial charge in [0.2, 0.25) is 5.91 Å². The van der Waals surface area contributed by atoms with Crippen molar-refractivity contribution in [2.75, 3.05) is 20.1 Å². The number of carbonyl (C=O) groups excluding carboxylic acids is 3. The number of rotatable bonds is 6. The van der Waals surface area contributed by atoms with E-state index in [1.807, 2.05) is 0 Å². The molecule has 0 saturated heterocycles. The molecule has 0 saturated carbocycles. The van der Waals surface area contributed by atoms with Gasteiger partial charge in [0.25, 0.3) is 0 Å². The van der Waals surface area contributed by atoms with Crippen molar-refractivity contribution in [1.29, 1.82) is 0 Å². The van der Waals surface area contributed by atoms with Crippen molar-refractivity contribution in [3.8, 4) is 0 Å². The minimum Gasteiger partial charge on any atom is -0.460 e. The molecule has 134 valence electrons. The highest BCUT2D eigenvalue weighted by Crippen LogP contribution is 2.09. The monoisotopic (exact) mass is 330 g/mol. The van der Waals surface area contributed by atoms with E-state index in [2.05, 4.69) is 5.32 Å². The molecular weight excluding hydrogens is 300 g/mol. The van der Waals surface area contributed by atoms with Crippen molar-refractivity contribution in [3.63, 3.8) is 0 Å². The van der Waals surface area contributed by atoms with Crippen molar-refractivity contribution < 1.29 is 23.9 Å². The second kappa shape index (κ2) is 8.74. The fourth-order valence-corrected chi connectivity index (χ4v) is 1.49. The van der Waals surface area contributed by atoms with E-state index in [0.717, 1.165) is 0 Å². The Morgan fingerprint density at radius 3 is 1.91 bits per heavy atom. The lowest BCUT2D eigenvalue weighted by molar-refractivity contribution is -0.155. The number of carbonyl (C=O) groups is 3. The first kappa shape index (κ1) is 21.2. The smallest absolute Gasteiger partial charge is 0.410 e. The molecule has 0 aromatic carbocycles. The lowest BCUT2D eigenvalue weighted by Gasteiger charge is -2.24. The molecule has 7 nitrogen and oxygen atoms in total. The van der Waals surface area contributed by atoms with Crippen molar-refractivity contribution in [3.05, 3.63) is 0 Å². The third-order valence-electron chi connectivity index (χ3n) is 2.45. The Morgan fingerprint density at radius 1 is 0.913 bits per heavy atom. The standard InChI is InChI=1S/C16H30N2O5/c1-15(2,3)22-13(20)9-8-12(19)17-10-11-18(7)14(21)23-16(4,5)6/h8-11H2,1-7H3,(H,17,19). The van der Waals surface area contributed by atoms with Crippen molar-refractivity contribution >= 4 is 18.0 Å². The summed E-state index contributed by atoms with van der Waals surface area (Å²) in [7, 11) is 1.60. The van der Waals surface area contributed by atoms with Crippen LogP contribution in [0.5, 0.6) is 0 Å². The van der Waals surface area contributed by atoms with Gasteiger partial charge in [-0.15, -0.1) is 0 Å². The van der Waals surface area contributed by atoms with Gasteiger partial charge in [-0.25, -0.2) is 4.79 Å². The van der Waals surface area contributed by atoms with Gasteiger partial charge in [0.05, 0.1) is 6.42 Å². The molecule has 7 heteroatoms. The molecule has 0 aliphatic heterocycles. The zero-order chi connectivity index (χ0) is 18.3. The SMILES string of the molecule is CN(CCNC(=O)CCC(=O)OC(C)(C)C)C(=O)OC(C)(C)C. The second-order valence-electron chi connectivity index (χ2n) is 7.34. The summed E-state index contributed by atoms with van der Waals surface area (Å²) in [6.45, 7) is 11.3. The maximum absolute atomic E-state index is 11.7. The van der Waals surface area contributed by atoms with E-state index in [1.54, 1.807) is 48.6 Å². The maximum Gasteiger partial charge on any atom is 0.410 e. The molecule has 0 bridgehead atoms. The van der Waals surface area contributed by atoms with Gasteiger partial charge < -0.3 is 19.7 Å². The van der Waals surface area contributed by atoms with E-state index in [9.17, 15) is 14.4 Å². The lowest BCUT2D eigenvalue weighted by Crippen LogP contribution is -2.39. The van der Waals surface area contributed by atoms with Gasteiger partial charge in [-0.1, -0.05) is 0 Å². The lowest BCUT2D eigenvalue weighted by atomic mass is 10.2. The summed E-state index contributed by atoms with van der Waals surface area (Å²) in [4.78, 5) is 36.2. The Hall–Kier alpha value is -1.79. The molecular formula is C16H30N2O5. The van der Waals surface area contributed by atoms with Crippen LogP contribution in [0.2, 0.25) is 0 Å². The predicted molar refractivity (Wildman–Crippen MR) is 87.0 cm³/mol. The van der Waals surface area contributed by atoms with E-state index in [-0.39, 0.29) is 18.7 Å². The Kier molecular flexibility index (Phi) is 8.06. The quantitative estimate of drug-likeness (QED) is 0.754. The average molecular weight is 330 g/mol. The Balaban J connectivity index is 3.94. The van der Waals surface area contributed by atoms with Crippen LogP contribution in [-0.2, 0) is 19.1 Å². The van der Waals surface area contributed by atoms with Crippen LogP contribution in [0.25, 0.3) is 0 Å². The fraction of sp³-hybridized carbons (Fsp3) is 0.812. The third kappa shape index (κ3) is 12.4. The van der Waals surface area contributed by atoms with Crippen LogP contribution in [0.4, 0.5) is 4.79 Å². The van der Waals surface area contributed by atoms with Gasteiger partial charge in [0.15, 0.2) is 0 Å². The first-order chi connectivity index (χ1) is 10.3. The summed E-state index contributed by atoms with van der Waals surface area (Å²) in [6.07, 6.45) is -0.351. The number of likely N-dealkylation sites (N-methyl/N-ethyl adjacent to an activating group) is 1. The molecule has 1 N–H and O–H groups in total. The van der Waals surface area contributed by atoms with E-state index in [0.29, 0.717) is 13.1 Å². The largest absolute Gasteiger partial charge is 0.460 e. The van der Waals surface area contributed by atoms with Crippen LogP contribution in [0.1, 0.15) is 54.4 Å². The molecule has 0 rings (SSSR count). The molecule has 0 aliphatic rings. The van der Waals surface area contributed by atoms with Gasteiger partial charge in [-0.05, 0) is 41.5 Å². The highest BCUT2D eigenvalue weighted by Gasteiger charge is 2.20. The van der Waals surface area contributed by atoms with Gasteiger partial charge in [0, 0.05) is 26.6 Å². The van der Waals surface area contributed by atoms with Crippen LogP contribution >= 0.6 is 0 Å². The summed E-state index contributed by atoms with van der Waals surface area (Å²) >= 11 is 0. The number of nitrogens with one attached hydrogen (secondary N) is 1. The van der Waals surface area contributed by atoms with Crippen molar-refractivity contribution in [2.24, 2.45) is 0 Å². The first-order valence-corrected chi connectivity index (χ1v) is 7.73. The van der Waals surface area contributed by atoms with Crippen molar-refractivity contribution in [1.82, 2.24) is 10.2 Å². The molecule has 0 spiro atoms.